The van der Waals surface area contributed by atoms with Crippen molar-refractivity contribution in [3.8, 4) is 0 Å². The molecule has 0 aliphatic carbocycles. The maximum Gasteiger partial charge on any atom is 0.253 e. The van der Waals surface area contributed by atoms with Crippen molar-refractivity contribution in [2.45, 2.75) is 32.6 Å². The summed E-state index contributed by atoms with van der Waals surface area (Å²) in [6.07, 6.45) is 4.66. The van der Waals surface area contributed by atoms with E-state index in [-0.39, 0.29) is 10.9 Å². The zero-order chi connectivity index (χ0) is 14.3. The van der Waals surface area contributed by atoms with Gasteiger partial charge in [0.1, 0.15) is 11.4 Å². The Morgan fingerprint density at radius 3 is 2.26 bits per heavy atom. The Bertz CT molecular complexity index is 448. The molecule has 5 heteroatoms. The highest BCUT2D eigenvalue weighted by Crippen LogP contribution is 2.16. The summed E-state index contributed by atoms with van der Waals surface area (Å²) in [7, 11) is 3.55. The van der Waals surface area contributed by atoms with Gasteiger partial charge in [0, 0.05) is 20.6 Å². The number of nitrogens with zero attached hydrogens (tertiary/aromatic N) is 1. The molecule has 0 heterocycles. The highest BCUT2D eigenvalue weighted by atomic mass is 16.2. The van der Waals surface area contributed by atoms with E-state index in [1.807, 2.05) is 0 Å². The number of hydrogen-bond donors (Lipinski definition) is 2. The van der Waals surface area contributed by atoms with Crippen LogP contribution in [0.25, 0.3) is 0 Å². The van der Waals surface area contributed by atoms with Crippen molar-refractivity contribution in [3.05, 3.63) is 20.4 Å². The van der Waals surface area contributed by atoms with Crippen LogP contribution in [0.3, 0.4) is 0 Å². The molecule has 0 saturated heterocycles. The minimum atomic E-state index is -0.389. The molecule has 2 N–H and O–H groups in total. The maximum absolute atomic E-state index is 11.4. The lowest BCUT2D eigenvalue weighted by molar-refractivity contribution is 0.606. The van der Waals surface area contributed by atoms with Gasteiger partial charge in [-0.1, -0.05) is 19.8 Å². The van der Waals surface area contributed by atoms with Crippen LogP contribution in [0, 0.1) is 0 Å². The van der Waals surface area contributed by atoms with Crippen molar-refractivity contribution in [2.75, 3.05) is 43.9 Å². The van der Waals surface area contributed by atoms with Gasteiger partial charge in [0.05, 0.1) is 0 Å². The van der Waals surface area contributed by atoms with Gasteiger partial charge in [-0.25, -0.2) is 0 Å². The molecule has 0 aliphatic rings. The lowest BCUT2D eigenvalue weighted by Gasteiger charge is -2.19. The van der Waals surface area contributed by atoms with Gasteiger partial charge in [-0.3, -0.25) is 9.59 Å². The van der Waals surface area contributed by atoms with Crippen LogP contribution in [0.4, 0.5) is 11.4 Å². The van der Waals surface area contributed by atoms with Crippen LogP contribution in [0.2, 0.25) is 0 Å². The molecule has 1 aromatic rings. The van der Waals surface area contributed by atoms with Crippen LogP contribution in [0.15, 0.2) is 9.59 Å². The summed E-state index contributed by atoms with van der Waals surface area (Å²) in [5.41, 5.74) is 0.201. The third-order valence-electron chi connectivity index (χ3n) is 3.12. The molecular weight excluding hydrogens is 242 g/mol. The summed E-state index contributed by atoms with van der Waals surface area (Å²) < 4.78 is 0. The molecule has 0 saturated carbocycles. The monoisotopic (exact) mass is 267 g/mol. The van der Waals surface area contributed by atoms with Crippen molar-refractivity contribution in [2.24, 2.45) is 0 Å². The van der Waals surface area contributed by atoms with E-state index in [4.69, 9.17) is 0 Å². The number of rotatable bonds is 10. The van der Waals surface area contributed by atoms with Crippen LogP contribution in [-0.2, 0) is 0 Å². The first-order valence-corrected chi connectivity index (χ1v) is 7.04. The first-order chi connectivity index (χ1) is 9.09. The Morgan fingerprint density at radius 1 is 0.947 bits per heavy atom. The Morgan fingerprint density at radius 2 is 1.63 bits per heavy atom. The predicted octanol–water partition coefficient (Wildman–Crippen LogP) is 0.930. The fraction of sp³-hybridized carbons (Fsp3) is 0.714. The summed E-state index contributed by atoms with van der Waals surface area (Å²) >= 11 is 0. The smallest absolute Gasteiger partial charge is 0.253 e. The van der Waals surface area contributed by atoms with Gasteiger partial charge < -0.3 is 15.5 Å². The molecule has 0 aliphatic heterocycles. The van der Waals surface area contributed by atoms with Gasteiger partial charge in [0.25, 0.3) is 10.9 Å². The Labute approximate surface area is 114 Å². The average molecular weight is 267 g/mol. The molecule has 0 atom stereocenters. The largest absolute Gasteiger partial charge is 0.380 e. The molecule has 0 bridgehead atoms. The molecule has 5 nitrogen and oxygen atoms in total. The zero-order valence-electron chi connectivity index (χ0n) is 12.2. The molecule has 0 unspecified atom stereocenters. The number of nitrogens with one attached hydrogen (secondary N) is 2. The third kappa shape index (κ3) is 4.35. The Hall–Kier alpha value is -1.36. The summed E-state index contributed by atoms with van der Waals surface area (Å²) in [5.74, 6) is 0. The quantitative estimate of drug-likeness (QED) is 0.488. The first-order valence-electron chi connectivity index (χ1n) is 7.04. The van der Waals surface area contributed by atoms with Crippen LogP contribution in [0.5, 0.6) is 0 Å². The summed E-state index contributed by atoms with van der Waals surface area (Å²) in [5, 5.41) is 6.43. The molecule has 1 aromatic carbocycles. The average Bonchev–Trinajstić information content (AvgIpc) is 2.39. The van der Waals surface area contributed by atoms with Crippen molar-refractivity contribution in [1.82, 2.24) is 5.32 Å². The van der Waals surface area contributed by atoms with Gasteiger partial charge in [0.2, 0.25) is 0 Å². The van der Waals surface area contributed by atoms with Gasteiger partial charge in [-0.05, 0) is 25.9 Å². The van der Waals surface area contributed by atoms with Crippen LogP contribution in [-0.4, -0.2) is 33.7 Å². The van der Waals surface area contributed by atoms with Crippen LogP contribution in [0.1, 0.15) is 32.6 Å². The first kappa shape index (κ1) is 15.7. The second-order valence-electron chi connectivity index (χ2n) is 5.01. The van der Waals surface area contributed by atoms with Crippen LogP contribution < -0.4 is 26.4 Å². The predicted molar refractivity (Wildman–Crippen MR) is 81.2 cm³/mol. The minimum absolute atomic E-state index is 0.384. The summed E-state index contributed by atoms with van der Waals surface area (Å²) in [6.45, 7) is 4.89. The molecule has 108 valence electrons. The molecule has 0 radical (unpaired) electrons. The van der Waals surface area contributed by atoms with Crippen molar-refractivity contribution in [1.29, 1.82) is 0 Å². The van der Waals surface area contributed by atoms with E-state index in [2.05, 4.69) is 17.6 Å². The standard InChI is InChI=1S/C14H25N3O2/c1-4-5-6-8-15-9-7-10-16-11-12(17(2)3)14(19)13(11)18/h15-16H,4-10H2,1-3H3. The number of anilines is 2. The van der Waals surface area contributed by atoms with E-state index < -0.39 is 0 Å². The van der Waals surface area contributed by atoms with Gasteiger partial charge >= 0.3 is 0 Å². The van der Waals surface area contributed by atoms with E-state index in [1.165, 1.54) is 19.3 Å². The second-order valence-corrected chi connectivity index (χ2v) is 5.01. The van der Waals surface area contributed by atoms with E-state index in [9.17, 15) is 9.59 Å². The van der Waals surface area contributed by atoms with Gasteiger partial charge in [0.15, 0.2) is 0 Å². The molecule has 1 rings (SSSR count). The van der Waals surface area contributed by atoms with E-state index in [0.29, 0.717) is 17.9 Å². The van der Waals surface area contributed by atoms with E-state index in [0.717, 1.165) is 19.5 Å². The molecule has 0 spiro atoms. The highest BCUT2D eigenvalue weighted by Gasteiger charge is 2.21. The van der Waals surface area contributed by atoms with Crippen LogP contribution >= 0.6 is 0 Å². The van der Waals surface area contributed by atoms with Crippen molar-refractivity contribution < 1.29 is 0 Å². The Balaban J connectivity index is 2.19. The van der Waals surface area contributed by atoms with Gasteiger partial charge in [-0.2, -0.15) is 0 Å². The fourth-order valence-corrected chi connectivity index (χ4v) is 2.02. The highest BCUT2D eigenvalue weighted by molar-refractivity contribution is 5.74. The fourth-order valence-electron chi connectivity index (χ4n) is 2.02. The molecule has 0 amide bonds. The second kappa shape index (κ2) is 7.94. The minimum Gasteiger partial charge on any atom is -0.380 e. The number of unbranched alkanes of at least 4 members (excludes halogenated alkanes) is 2. The lowest BCUT2D eigenvalue weighted by Crippen LogP contribution is -2.40. The maximum atomic E-state index is 11.4. The van der Waals surface area contributed by atoms with Gasteiger partial charge in [-0.15, -0.1) is 0 Å². The topological polar surface area (TPSA) is 61.4 Å². The molecule has 19 heavy (non-hydrogen) atoms. The number of hydrogen-bond acceptors (Lipinski definition) is 5. The normalized spacial score (nSPS) is 10.9. The molecular formula is C14H25N3O2. The van der Waals surface area contributed by atoms with Crippen molar-refractivity contribution >= 4 is 11.4 Å². The molecule has 0 aromatic heterocycles. The lowest BCUT2D eigenvalue weighted by atomic mass is 10.1. The molecule has 0 fully saturated rings. The summed E-state index contributed by atoms with van der Waals surface area (Å²) in [4.78, 5) is 24.4. The van der Waals surface area contributed by atoms with Crippen molar-refractivity contribution in [3.63, 3.8) is 0 Å². The Kier molecular flexibility index (Phi) is 6.56. The third-order valence-corrected chi connectivity index (χ3v) is 3.12. The van der Waals surface area contributed by atoms with E-state index in [1.54, 1.807) is 19.0 Å². The SMILES string of the molecule is CCCCCNCCCNc1c(N(C)C)c(=O)c1=O. The zero-order valence-corrected chi connectivity index (χ0v) is 12.2. The van der Waals surface area contributed by atoms with E-state index >= 15 is 0 Å². The summed E-state index contributed by atoms with van der Waals surface area (Å²) in [6, 6.07) is 0.